The highest BCUT2D eigenvalue weighted by atomic mass is 16.5. The number of carbonyl (C=O) groups is 5. The van der Waals surface area contributed by atoms with Crippen LogP contribution < -0.4 is 31.7 Å². The zero-order chi connectivity index (χ0) is 26.3. The Balaban J connectivity index is 2.21. The average Bonchev–Trinajstić information content (AvgIpc) is 2.85. The molecule has 0 saturated heterocycles. The minimum atomic E-state index is -1.02. The Kier molecular flexibility index (Phi) is 12.2. The minimum absolute atomic E-state index is 0.0226. The van der Waals surface area contributed by atoms with Crippen molar-refractivity contribution in [1.82, 2.24) is 21.3 Å². The van der Waals surface area contributed by atoms with E-state index in [2.05, 4.69) is 21.3 Å². The molecule has 0 saturated carbocycles. The second-order valence-corrected chi connectivity index (χ2v) is 8.17. The number of ether oxygens (including phenoxy) is 2. The first-order chi connectivity index (χ1) is 17.3. The van der Waals surface area contributed by atoms with Crippen molar-refractivity contribution in [1.29, 1.82) is 0 Å². The smallest absolute Gasteiger partial charge is 0.255 e. The predicted molar refractivity (Wildman–Crippen MR) is 130 cm³/mol. The Morgan fingerprint density at radius 2 is 1.97 bits per heavy atom. The van der Waals surface area contributed by atoms with Crippen molar-refractivity contribution in [2.45, 2.75) is 51.1 Å². The third-order valence-electron chi connectivity index (χ3n) is 5.37. The number of carbonyl (C=O) groups excluding carboxylic acids is 5. The summed E-state index contributed by atoms with van der Waals surface area (Å²) < 4.78 is 11.0. The summed E-state index contributed by atoms with van der Waals surface area (Å²) in [4.78, 5) is 62.3. The van der Waals surface area contributed by atoms with E-state index in [1.165, 1.54) is 0 Å². The van der Waals surface area contributed by atoms with Gasteiger partial charge in [-0.2, -0.15) is 0 Å². The number of primary amides is 1. The first-order valence-corrected chi connectivity index (χ1v) is 12.0. The topological polar surface area (TPSA) is 178 Å². The number of fused-ring (bicyclic) bond motifs is 1. The van der Waals surface area contributed by atoms with Gasteiger partial charge in [0.05, 0.1) is 18.8 Å². The molecule has 0 bridgehead atoms. The summed E-state index contributed by atoms with van der Waals surface area (Å²) in [6.45, 7) is 3.35. The fraction of sp³-hybridized carbons (Fsp3) is 0.542. The molecular formula is C24H35N5O7. The van der Waals surface area contributed by atoms with Gasteiger partial charge < -0.3 is 36.5 Å². The van der Waals surface area contributed by atoms with Gasteiger partial charge in [0.1, 0.15) is 17.8 Å². The summed E-state index contributed by atoms with van der Waals surface area (Å²) >= 11 is 0. The summed E-state index contributed by atoms with van der Waals surface area (Å²) in [7, 11) is 0. The van der Waals surface area contributed by atoms with Crippen LogP contribution in [0, 0.1) is 0 Å². The molecule has 1 aliphatic rings. The van der Waals surface area contributed by atoms with E-state index in [0.717, 1.165) is 0 Å². The second kappa shape index (κ2) is 15.4. The highest BCUT2D eigenvalue weighted by Gasteiger charge is 2.26. The van der Waals surface area contributed by atoms with Crippen LogP contribution in [0.1, 0.15) is 49.4 Å². The third kappa shape index (κ3) is 9.90. The first-order valence-electron chi connectivity index (χ1n) is 12.0. The Hall–Kier alpha value is -3.67. The van der Waals surface area contributed by atoms with Crippen molar-refractivity contribution in [2.24, 2.45) is 5.73 Å². The molecule has 12 heteroatoms. The number of amides is 5. The van der Waals surface area contributed by atoms with Gasteiger partial charge in [0.25, 0.3) is 5.91 Å². The molecule has 0 radical (unpaired) electrons. The molecule has 0 fully saturated rings. The van der Waals surface area contributed by atoms with Crippen LogP contribution in [0.2, 0.25) is 0 Å². The average molecular weight is 506 g/mol. The molecule has 2 atom stereocenters. The fourth-order valence-corrected chi connectivity index (χ4v) is 3.49. The van der Waals surface area contributed by atoms with Crippen LogP contribution >= 0.6 is 0 Å². The van der Waals surface area contributed by atoms with Gasteiger partial charge in [0.2, 0.25) is 23.6 Å². The molecule has 1 aromatic carbocycles. The van der Waals surface area contributed by atoms with Gasteiger partial charge in [-0.25, -0.2) is 0 Å². The zero-order valence-corrected chi connectivity index (χ0v) is 20.5. The SMILES string of the molecule is CCOCCNC(=O)[C@@H]1CCC(=O)N[C@@H](CCC(N)=O)C(=O)NCCCOc2ccccc2C(=O)N1. The molecule has 36 heavy (non-hydrogen) atoms. The fourth-order valence-electron chi connectivity index (χ4n) is 3.49. The lowest BCUT2D eigenvalue weighted by molar-refractivity contribution is -0.130. The molecule has 12 nitrogen and oxygen atoms in total. The molecule has 2 rings (SSSR count). The molecule has 5 amide bonds. The van der Waals surface area contributed by atoms with Crippen molar-refractivity contribution < 1.29 is 33.4 Å². The molecule has 0 unspecified atom stereocenters. The van der Waals surface area contributed by atoms with Crippen molar-refractivity contribution in [2.75, 3.05) is 32.9 Å². The summed E-state index contributed by atoms with van der Waals surface area (Å²) in [6.07, 6.45) is 0.213. The Morgan fingerprint density at radius 3 is 2.72 bits per heavy atom. The Morgan fingerprint density at radius 1 is 1.19 bits per heavy atom. The van der Waals surface area contributed by atoms with Crippen LogP contribution in [0.3, 0.4) is 0 Å². The molecule has 6 N–H and O–H groups in total. The van der Waals surface area contributed by atoms with Gasteiger partial charge in [0.15, 0.2) is 0 Å². The monoisotopic (exact) mass is 505 g/mol. The highest BCUT2D eigenvalue weighted by Crippen LogP contribution is 2.18. The van der Waals surface area contributed by atoms with Crippen molar-refractivity contribution in [3.05, 3.63) is 29.8 Å². The van der Waals surface area contributed by atoms with Gasteiger partial charge in [-0.15, -0.1) is 0 Å². The van der Waals surface area contributed by atoms with Crippen LogP contribution in [-0.4, -0.2) is 74.5 Å². The predicted octanol–water partition coefficient (Wildman–Crippen LogP) is -0.633. The number of nitrogens with one attached hydrogen (secondary N) is 4. The largest absolute Gasteiger partial charge is 0.493 e. The van der Waals surface area contributed by atoms with Gasteiger partial charge >= 0.3 is 0 Å². The Labute approximate surface area is 210 Å². The van der Waals surface area contributed by atoms with E-state index in [-0.39, 0.29) is 50.9 Å². The maximum absolute atomic E-state index is 13.0. The van der Waals surface area contributed by atoms with Crippen LogP contribution in [0.15, 0.2) is 24.3 Å². The molecule has 1 heterocycles. The normalized spacial score (nSPS) is 19.6. The molecule has 0 spiro atoms. The minimum Gasteiger partial charge on any atom is -0.493 e. The van der Waals surface area contributed by atoms with Crippen molar-refractivity contribution in [3.63, 3.8) is 0 Å². The van der Waals surface area contributed by atoms with Crippen LogP contribution in [0.4, 0.5) is 0 Å². The summed E-state index contributed by atoms with van der Waals surface area (Å²) in [6, 6.07) is 4.63. The highest BCUT2D eigenvalue weighted by molar-refractivity contribution is 5.99. The summed E-state index contributed by atoms with van der Waals surface area (Å²) in [5.41, 5.74) is 5.45. The maximum atomic E-state index is 13.0. The number of hydrogen-bond donors (Lipinski definition) is 5. The molecule has 0 aromatic heterocycles. The third-order valence-corrected chi connectivity index (χ3v) is 5.37. The summed E-state index contributed by atoms with van der Waals surface area (Å²) in [5.74, 6) is -2.20. The molecular weight excluding hydrogens is 470 g/mol. The number of para-hydroxylation sites is 1. The maximum Gasteiger partial charge on any atom is 0.255 e. The quantitative estimate of drug-likeness (QED) is 0.292. The Bertz CT molecular complexity index is 924. The van der Waals surface area contributed by atoms with E-state index in [4.69, 9.17) is 15.2 Å². The van der Waals surface area contributed by atoms with E-state index in [1.807, 2.05) is 6.92 Å². The van der Waals surface area contributed by atoms with Crippen LogP contribution in [0.5, 0.6) is 5.75 Å². The molecule has 0 aliphatic carbocycles. The lowest BCUT2D eigenvalue weighted by Gasteiger charge is -2.22. The number of benzene rings is 1. The molecule has 1 aromatic rings. The van der Waals surface area contributed by atoms with Gasteiger partial charge in [-0.3, -0.25) is 24.0 Å². The van der Waals surface area contributed by atoms with E-state index in [1.54, 1.807) is 24.3 Å². The van der Waals surface area contributed by atoms with Crippen LogP contribution in [-0.2, 0) is 23.9 Å². The van der Waals surface area contributed by atoms with Crippen LogP contribution in [0.25, 0.3) is 0 Å². The van der Waals surface area contributed by atoms with E-state index in [9.17, 15) is 24.0 Å². The molecule has 198 valence electrons. The lowest BCUT2D eigenvalue weighted by atomic mass is 10.1. The van der Waals surface area contributed by atoms with Gasteiger partial charge in [0, 0.05) is 32.5 Å². The zero-order valence-electron chi connectivity index (χ0n) is 20.5. The van der Waals surface area contributed by atoms with Gasteiger partial charge in [-0.05, 0) is 38.3 Å². The van der Waals surface area contributed by atoms with Crippen molar-refractivity contribution in [3.8, 4) is 5.75 Å². The lowest BCUT2D eigenvalue weighted by Crippen LogP contribution is -2.50. The standard InChI is InChI=1S/C24H35N5O7/c1-2-35-15-13-27-24(34)18-9-11-21(31)28-17(8-10-20(25)30)23(33)26-12-5-14-36-19-7-4-3-6-16(19)22(32)29-18/h3-4,6-7,17-18H,2,5,8-15H2,1H3,(H2,25,30)(H,26,33)(H,27,34)(H,28,31)(H,29,32)/t17-,18-/m0/s1. The number of rotatable bonds is 8. The second-order valence-electron chi connectivity index (χ2n) is 8.17. The van der Waals surface area contributed by atoms with E-state index in [0.29, 0.717) is 25.4 Å². The van der Waals surface area contributed by atoms with Crippen molar-refractivity contribution >= 4 is 29.5 Å². The first kappa shape index (κ1) is 28.6. The van der Waals surface area contributed by atoms with E-state index < -0.39 is 41.6 Å². The molecule has 1 aliphatic heterocycles. The summed E-state index contributed by atoms with van der Waals surface area (Å²) in [5, 5.41) is 10.7. The van der Waals surface area contributed by atoms with E-state index >= 15 is 0 Å². The van der Waals surface area contributed by atoms with Gasteiger partial charge in [-0.1, -0.05) is 12.1 Å². The number of nitrogens with two attached hydrogens (primary N) is 1. The number of hydrogen-bond acceptors (Lipinski definition) is 7.